The molecule has 7 heteroatoms. The number of carbonyl (C=O) groups excluding carboxylic acids is 2. The number of hydrogen-bond donors (Lipinski definition) is 3. The molecule has 140 valence electrons. The largest absolute Gasteiger partial charge is 0.354 e. The maximum atomic E-state index is 12.8. The van der Waals surface area contributed by atoms with E-state index in [-0.39, 0.29) is 35.5 Å². The molecular formula is C18H27ClFN3O2. The van der Waals surface area contributed by atoms with E-state index < -0.39 is 0 Å². The summed E-state index contributed by atoms with van der Waals surface area (Å²) in [6.07, 6.45) is 5.97. The molecule has 0 heterocycles. The van der Waals surface area contributed by atoms with E-state index in [4.69, 9.17) is 5.73 Å². The molecule has 0 bridgehead atoms. The van der Waals surface area contributed by atoms with Gasteiger partial charge in [0.05, 0.1) is 0 Å². The number of nitrogens with two attached hydrogens (primary N) is 1. The Balaban J connectivity index is 0.00000312. The normalized spacial score (nSPS) is 15.8. The third kappa shape index (κ3) is 6.63. The minimum atomic E-state index is -0.379. The summed E-state index contributed by atoms with van der Waals surface area (Å²) in [6.45, 7) is 1.24. The van der Waals surface area contributed by atoms with E-state index in [0.29, 0.717) is 31.6 Å². The lowest BCUT2D eigenvalue weighted by Gasteiger charge is -2.35. The Morgan fingerprint density at radius 2 is 1.64 bits per heavy atom. The second-order valence-electron chi connectivity index (χ2n) is 6.55. The topological polar surface area (TPSA) is 84.2 Å². The maximum Gasteiger partial charge on any atom is 0.251 e. The number of hydrogen-bond acceptors (Lipinski definition) is 3. The first-order valence-corrected chi connectivity index (χ1v) is 8.55. The molecule has 0 atom stereocenters. The minimum Gasteiger partial charge on any atom is -0.354 e. The molecule has 5 nitrogen and oxygen atoms in total. The number of carbonyl (C=O) groups is 2. The molecule has 0 saturated heterocycles. The molecule has 0 spiro atoms. The zero-order chi connectivity index (χ0) is 17.4. The SMILES string of the molecule is Cl.NCC1(CC(=O)NCCNC(=O)c2ccc(F)cc2)CCCCC1. The van der Waals surface area contributed by atoms with Crippen molar-refractivity contribution in [3.8, 4) is 0 Å². The highest BCUT2D eigenvalue weighted by Gasteiger charge is 2.32. The van der Waals surface area contributed by atoms with Gasteiger partial charge in [-0.3, -0.25) is 9.59 Å². The Bertz CT molecular complexity index is 560. The molecular weight excluding hydrogens is 345 g/mol. The summed E-state index contributed by atoms with van der Waals surface area (Å²) in [4.78, 5) is 24.0. The predicted molar refractivity (Wildman–Crippen MR) is 98.2 cm³/mol. The van der Waals surface area contributed by atoms with Crippen LogP contribution in [0, 0.1) is 11.2 Å². The molecule has 25 heavy (non-hydrogen) atoms. The highest BCUT2D eigenvalue weighted by atomic mass is 35.5. The molecule has 1 aromatic carbocycles. The van der Waals surface area contributed by atoms with Gasteiger partial charge in [-0.1, -0.05) is 19.3 Å². The van der Waals surface area contributed by atoms with Crippen molar-refractivity contribution in [1.29, 1.82) is 0 Å². The standard InChI is InChI=1S/C18H26FN3O2.ClH/c19-15-6-4-14(5-7-15)17(24)22-11-10-21-16(23)12-18(13-20)8-2-1-3-9-18;/h4-7H,1-3,8-13,20H2,(H,21,23)(H,22,24);1H. The number of halogens is 2. The van der Waals surface area contributed by atoms with E-state index in [9.17, 15) is 14.0 Å². The van der Waals surface area contributed by atoms with Crippen molar-refractivity contribution >= 4 is 24.2 Å². The van der Waals surface area contributed by atoms with Crippen molar-refractivity contribution in [3.05, 3.63) is 35.6 Å². The van der Waals surface area contributed by atoms with Gasteiger partial charge in [-0.25, -0.2) is 4.39 Å². The highest BCUT2D eigenvalue weighted by molar-refractivity contribution is 5.94. The molecule has 0 unspecified atom stereocenters. The lowest BCUT2D eigenvalue weighted by atomic mass is 9.71. The smallest absolute Gasteiger partial charge is 0.251 e. The third-order valence-corrected chi connectivity index (χ3v) is 4.72. The van der Waals surface area contributed by atoms with Crippen molar-refractivity contribution in [2.75, 3.05) is 19.6 Å². The Kier molecular flexibility index (Phi) is 8.86. The van der Waals surface area contributed by atoms with Crippen LogP contribution in [-0.4, -0.2) is 31.4 Å². The van der Waals surface area contributed by atoms with Gasteiger partial charge in [-0.05, 0) is 49.1 Å². The zero-order valence-electron chi connectivity index (χ0n) is 14.4. The van der Waals surface area contributed by atoms with Crippen LogP contribution in [0.3, 0.4) is 0 Å². The molecule has 1 saturated carbocycles. The number of benzene rings is 1. The van der Waals surface area contributed by atoms with Crippen LogP contribution in [0.1, 0.15) is 48.9 Å². The summed E-state index contributed by atoms with van der Waals surface area (Å²) >= 11 is 0. The van der Waals surface area contributed by atoms with E-state index in [1.165, 1.54) is 30.7 Å². The van der Waals surface area contributed by atoms with Gasteiger partial charge < -0.3 is 16.4 Å². The first-order valence-electron chi connectivity index (χ1n) is 8.55. The van der Waals surface area contributed by atoms with Crippen molar-refractivity contribution in [3.63, 3.8) is 0 Å². The molecule has 0 aliphatic heterocycles. The van der Waals surface area contributed by atoms with Gasteiger partial charge in [0, 0.05) is 25.1 Å². The summed E-state index contributed by atoms with van der Waals surface area (Å²) < 4.78 is 12.8. The average molecular weight is 372 g/mol. The van der Waals surface area contributed by atoms with Crippen molar-refractivity contribution < 1.29 is 14.0 Å². The lowest BCUT2D eigenvalue weighted by molar-refractivity contribution is -0.123. The van der Waals surface area contributed by atoms with Crippen LogP contribution in [0.25, 0.3) is 0 Å². The van der Waals surface area contributed by atoms with Crippen LogP contribution in [0.15, 0.2) is 24.3 Å². The summed E-state index contributed by atoms with van der Waals surface area (Å²) in [6, 6.07) is 5.34. The van der Waals surface area contributed by atoms with E-state index in [2.05, 4.69) is 10.6 Å². The van der Waals surface area contributed by atoms with Gasteiger partial charge in [-0.2, -0.15) is 0 Å². The lowest BCUT2D eigenvalue weighted by Crippen LogP contribution is -2.40. The van der Waals surface area contributed by atoms with Crippen LogP contribution < -0.4 is 16.4 Å². The molecule has 0 radical (unpaired) electrons. The van der Waals surface area contributed by atoms with Crippen LogP contribution in [0.4, 0.5) is 4.39 Å². The Morgan fingerprint density at radius 1 is 1.04 bits per heavy atom. The zero-order valence-corrected chi connectivity index (χ0v) is 15.2. The maximum absolute atomic E-state index is 12.8. The van der Waals surface area contributed by atoms with Crippen LogP contribution in [0.5, 0.6) is 0 Å². The summed E-state index contributed by atoms with van der Waals surface area (Å²) in [7, 11) is 0. The minimum absolute atomic E-state index is 0. The molecule has 0 aromatic heterocycles. The molecule has 2 rings (SSSR count). The molecule has 4 N–H and O–H groups in total. The monoisotopic (exact) mass is 371 g/mol. The van der Waals surface area contributed by atoms with E-state index in [1.807, 2.05) is 0 Å². The Hall–Kier alpha value is -1.66. The van der Waals surface area contributed by atoms with Crippen molar-refractivity contribution in [2.24, 2.45) is 11.1 Å². The summed E-state index contributed by atoms with van der Waals surface area (Å²) in [5, 5.41) is 5.54. The first kappa shape index (κ1) is 21.4. The second-order valence-corrected chi connectivity index (χ2v) is 6.55. The quantitative estimate of drug-likeness (QED) is 0.643. The summed E-state index contributed by atoms with van der Waals surface area (Å²) in [5.41, 5.74) is 6.23. The Morgan fingerprint density at radius 3 is 2.24 bits per heavy atom. The average Bonchev–Trinajstić information content (AvgIpc) is 2.60. The molecule has 1 fully saturated rings. The van der Waals surface area contributed by atoms with Crippen molar-refractivity contribution in [1.82, 2.24) is 10.6 Å². The fourth-order valence-electron chi connectivity index (χ4n) is 3.24. The van der Waals surface area contributed by atoms with Gasteiger partial charge in [0.2, 0.25) is 5.91 Å². The van der Waals surface area contributed by atoms with Gasteiger partial charge in [-0.15, -0.1) is 12.4 Å². The molecule has 1 aromatic rings. The molecule has 1 aliphatic rings. The summed E-state index contributed by atoms with van der Waals surface area (Å²) in [5.74, 6) is -0.677. The highest BCUT2D eigenvalue weighted by Crippen LogP contribution is 2.38. The van der Waals surface area contributed by atoms with Crippen molar-refractivity contribution in [2.45, 2.75) is 38.5 Å². The fourth-order valence-corrected chi connectivity index (χ4v) is 3.24. The van der Waals surface area contributed by atoms with Gasteiger partial charge in [0.25, 0.3) is 5.91 Å². The van der Waals surface area contributed by atoms with E-state index >= 15 is 0 Å². The van der Waals surface area contributed by atoms with Crippen LogP contribution >= 0.6 is 12.4 Å². The third-order valence-electron chi connectivity index (χ3n) is 4.72. The number of nitrogens with one attached hydrogen (secondary N) is 2. The second kappa shape index (κ2) is 10.4. The van der Waals surface area contributed by atoms with E-state index in [0.717, 1.165) is 25.7 Å². The van der Waals surface area contributed by atoms with Gasteiger partial charge >= 0.3 is 0 Å². The fraction of sp³-hybridized carbons (Fsp3) is 0.556. The van der Waals surface area contributed by atoms with Crippen LogP contribution in [0.2, 0.25) is 0 Å². The predicted octanol–water partition coefficient (Wildman–Crippen LogP) is 2.39. The Labute approximate surface area is 154 Å². The molecule has 1 aliphatic carbocycles. The van der Waals surface area contributed by atoms with Gasteiger partial charge in [0.1, 0.15) is 5.82 Å². The van der Waals surface area contributed by atoms with Crippen LogP contribution in [-0.2, 0) is 4.79 Å². The number of amides is 2. The van der Waals surface area contributed by atoms with E-state index in [1.54, 1.807) is 0 Å². The van der Waals surface area contributed by atoms with Gasteiger partial charge in [0.15, 0.2) is 0 Å². The number of rotatable bonds is 7. The molecule has 2 amide bonds. The first-order chi connectivity index (χ1) is 11.5.